The molecule has 1 aromatic rings. The van der Waals surface area contributed by atoms with Gasteiger partial charge in [0, 0.05) is 25.3 Å². The zero-order valence-electron chi connectivity index (χ0n) is 11.5. The van der Waals surface area contributed by atoms with Crippen LogP contribution in [0.15, 0.2) is 24.5 Å². The lowest BCUT2D eigenvalue weighted by molar-refractivity contribution is -0.139. The summed E-state index contributed by atoms with van der Waals surface area (Å²) in [5.41, 5.74) is 0. The van der Waals surface area contributed by atoms with Gasteiger partial charge in [0.05, 0.1) is 6.20 Å². The van der Waals surface area contributed by atoms with E-state index in [9.17, 15) is 4.79 Å². The van der Waals surface area contributed by atoms with Gasteiger partial charge in [-0.05, 0) is 38.9 Å². The summed E-state index contributed by atoms with van der Waals surface area (Å²) in [6.07, 6.45) is 4.99. The maximum atomic E-state index is 12.3. The average molecular weight is 263 g/mol. The molecule has 0 aromatic carbocycles. The van der Waals surface area contributed by atoms with E-state index in [0.29, 0.717) is 11.8 Å². The molecule has 2 atom stereocenters. The summed E-state index contributed by atoms with van der Waals surface area (Å²) >= 11 is 0. The fraction of sp³-hybridized carbons (Fsp3) is 0.571. The first-order valence-corrected chi connectivity index (χ1v) is 6.73. The van der Waals surface area contributed by atoms with E-state index in [1.165, 1.54) is 0 Å². The zero-order chi connectivity index (χ0) is 13.7. The third kappa shape index (κ3) is 3.67. The van der Waals surface area contributed by atoms with Gasteiger partial charge in [-0.25, -0.2) is 0 Å². The number of likely N-dealkylation sites (tertiary alicyclic amines) is 1. The quantitative estimate of drug-likeness (QED) is 0.882. The molecule has 0 saturated carbocycles. The number of likely N-dealkylation sites (N-methyl/N-ethyl adjacent to an activating group) is 1. The van der Waals surface area contributed by atoms with Crippen molar-refractivity contribution in [2.75, 3.05) is 20.1 Å². The Morgan fingerprint density at radius 1 is 1.63 bits per heavy atom. The predicted octanol–water partition coefficient (Wildman–Crippen LogP) is 1.06. The molecule has 19 heavy (non-hydrogen) atoms. The van der Waals surface area contributed by atoms with Crippen molar-refractivity contribution in [1.29, 1.82) is 0 Å². The molecule has 2 heterocycles. The predicted molar refractivity (Wildman–Crippen MR) is 73.0 cm³/mol. The molecule has 1 saturated heterocycles. The van der Waals surface area contributed by atoms with Gasteiger partial charge in [0.2, 0.25) is 0 Å². The van der Waals surface area contributed by atoms with Gasteiger partial charge < -0.3 is 15.0 Å². The number of carbonyl (C=O) groups is 1. The normalized spacial score (nSPS) is 20.9. The van der Waals surface area contributed by atoms with Gasteiger partial charge in [-0.2, -0.15) is 0 Å². The molecule has 0 unspecified atom stereocenters. The molecule has 2 rings (SSSR count). The molecule has 1 aromatic heterocycles. The number of aromatic nitrogens is 1. The summed E-state index contributed by atoms with van der Waals surface area (Å²) in [5, 5.41) is 3.23. The summed E-state index contributed by atoms with van der Waals surface area (Å²) in [6.45, 7) is 3.37. The molecule has 0 radical (unpaired) electrons. The fourth-order valence-electron chi connectivity index (χ4n) is 2.34. The lowest BCUT2D eigenvalue weighted by Gasteiger charge is -2.34. The average Bonchev–Trinajstić information content (AvgIpc) is 2.47. The van der Waals surface area contributed by atoms with E-state index in [-0.39, 0.29) is 5.91 Å². The highest BCUT2D eigenvalue weighted by Crippen LogP contribution is 2.14. The van der Waals surface area contributed by atoms with E-state index in [4.69, 9.17) is 4.74 Å². The van der Waals surface area contributed by atoms with Crippen molar-refractivity contribution in [1.82, 2.24) is 15.2 Å². The van der Waals surface area contributed by atoms with Crippen LogP contribution in [0, 0.1) is 0 Å². The number of ether oxygens (including phenoxy) is 1. The topological polar surface area (TPSA) is 54.5 Å². The number of pyridine rings is 1. The van der Waals surface area contributed by atoms with Crippen LogP contribution in [0.5, 0.6) is 5.75 Å². The van der Waals surface area contributed by atoms with Gasteiger partial charge in [0.15, 0.2) is 6.10 Å². The van der Waals surface area contributed by atoms with E-state index in [0.717, 1.165) is 25.9 Å². The highest BCUT2D eigenvalue weighted by molar-refractivity contribution is 5.81. The van der Waals surface area contributed by atoms with Crippen molar-refractivity contribution in [2.45, 2.75) is 31.9 Å². The highest BCUT2D eigenvalue weighted by Gasteiger charge is 2.27. The number of hydrogen-bond acceptors (Lipinski definition) is 4. The zero-order valence-corrected chi connectivity index (χ0v) is 11.5. The van der Waals surface area contributed by atoms with E-state index < -0.39 is 6.10 Å². The van der Waals surface area contributed by atoms with Crippen LogP contribution in [0.2, 0.25) is 0 Å². The second-order valence-corrected chi connectivity index (χ2v) is 4.86. The highest BCUT2D eigenvalue weighted by atomic mass is 16.5. The first-order chi connectivity index (χ1) is 9.20. The van der Waals surface area contributed by atoms with Crippen molar-refractivity contribution in [2.24, 2.45) is 0 Å². The molecule has 1 N–H and O–H groups in total. The molecule has 1 amide bonds. The summed E-state index contributed by atoms with van der Waals surface area (Å²) in [5.74, 6) is 0.675. The van der Waals surface area contributed by atoms with Crippen LogP contribution in [0.3, 0.4) is 0 Å². The molecule has 0 aliphatic carbocycles. The van der Waals surface area contributed by atoms with E-state index >= 15 is 0 Å². The van der Waals surface area contributed by atoms with Crippen LogP contribution in [-0.2, 0) is 4.79 Å². The van der Waals surface area contributed by atoms with Gasteiger partial charge in [-0.15, -0.1) is 0 Å². The summed E-state index contributed by atoms with van der Waals surface area (Å²) in [6, 6.07) is 4.00. The second kappa shape index (κ2) is 6.52. The summed E-state index contributed by atoms with van der Waals surface area (Å²) in [7, 11) is 1.94. The number of nitrogens with zero attached hydrogens (tertiary/aromatic N) is 2. The molecule has 0 bridgehead atoms. The Labute approximate surface area is 114 Å². The van der Waals surface area contributed by atoms with Crippen molar-refractivity contribution in [3.05, 3.63) is 24.5 Å². The largest absolute Gasteiger partial charge is 0.479 e. The summed E-state index contributed by atoms with van der Waals surface area (Å²) < 4.78 is 5.62. The van der Waals surface area contributed by atoms with Gasteiger partial charge in [-0.3, -0.25) is 9.78 Å². The number of rotatable bonds is 4. The Kier molecular flexibility index (Phi) is 4.74. The molecule has 0 spiro atoms. The minimum absolute atomic E-state index is 0.0452. The second-order valence-electron chi connectivity index (χ2n) is 4.86. The minimum Gasteiger partial charge on any atom is -0.479 e. The number of hydrogen-bond donors (Lipinski definition) is 1. The van der Waals surface area contributed by atoms with Crippen LogP contribution in [0.25, 0.3) is 0 Å². The number of piperidine rings is 1. The number of nitrogens with one attached hydrogen (secondary N) is 1. The Morgan fingerprint density at radius 3 is 3.16 bits per heavy atom. The molecule has 104 valence electrons. The molecule has 1 aliphatic rings. The molecular formula is C14H21N3O2. The van der Waals surface area contributed by atoms with Crippen LogP contribution in [0.1, 0.15) is 19.8 Å². The van der Waals surface area contributed by atoms with Crippen molar-refractivity contribution in [3.8, 4) is 5.75 Å². The number of carbonyl (C=O) groups excluding carboxylic acids is 1. The first kappa shape index (κ1) is 13.8. The smallest absolute Gasteiger partial charge is 0.263 e. The Balaban J connectivity index is 1.91. The standard InChI is InChI=1S/C14H21N3O2/c1-11(19-13-6-3-7-16-9-13)14(18)17-8-4-5-12(10-17)15-2/h3,6-7,9,11-12,15H,4-5,8,10H2,1-2H3/t11-,12+/m1/s1. The Morgan fingerprint density at radius 2 is 2.47 bits per heavy atom. The maximum Gasteiger partial charge on any atom is 0.263 e. The van der Waals surface area contributed by atoms with E-state index in [1.54, 1.807) is 25.4 Å². The lowest BCUT2D eigenvalue weighted by Crippen LogP contribution is -2.50. The monoisotopic (exact) mass is 263 g/mol. The number of amides is 1. The van der Waals surface area contributed by atoms with Gasteiger partial charge >= 0.3 is 0 Å². The van der Waals surface area contributed by atoms with E-state index in [1.807, 2.05) is 18.0 Å². The lowest BCUT2D eigenvalue weighted by atomic mass is 10.1. The third-order valence-electron chi connectivity index (χ3n) is 3.44. The minimum atomic E-state index is -0.472. The van der Waals surface area contributed by atoms with Crippen LogP contribution in [-0.4, -0.2) is 48.1 Å². The van der Waals surface area contributed by atoms with Crippen LogP contribution < -0.4 is 10.1 Å². The molecule has 5 nitrogen and oxygen atoms in total. The first-order valence-electron chi connectivity index (χ1n) is 6.73. The van der Waals surface area contributed by atoms with Crippen LogP contribution in [0.4, 0.5) is 0 Å². The van der Waals surface area contributed by atoms with E-state index in [2.05, 4.69) is 10.3 Å². The van der Waals surface area contributed by atoms with Crippen molar-refractivity contribution in [3.63, 3.8) is 0 Å². The fourth-order valence-corrected chi connectivity index (χ4v) is 2.34. The maximum absolute atomic E-state index is 12.3. The molecular weight excluding hydrogens is 242 g/mol. The van der Waals surface area contributed by atoms with Crippen LogP contribution >= 0.6 is 0 Å². The van der Waals surface area contributed by atoms with Gasteiger partial charge in [0.1, 0.15) is 5.75 Å². The third-order valence-corrected chi connectivity index (χ3v) is 3.44. The Hall–Kier alpha value is -1.62. The molecule has 1 aliphatic heterocycles. The van der Waals surface area contributed by atoms with Gasteiger partial charge in [0.25, 0.3) is 5.91 Å². The van der Waals surface area contributed by atoms with Crippen molar-refractivity contribution >= 4 is 5.91 Å². The summed E-state index contributed by atoms with van der Waals surface area (Å²) in [4.78, 5) is 18.2. The molecule has 1 fully saturated rings. The Bertz CT molecular complexity index is 410. The van der Waals surface area contributed by atoms with Crippen molar-refractivity contribution < 1.29 is 9.53 Å². The molecule has 5 heteroatoms. The van der Waals surface area contributed by atoms with Gasteiger partial charge in [-0.1, -0.05) is 0 Å². The SMILES string of the molecule is CN[C@H]1CCCN(C(=O)[C@@H](C)Oc2cccnc2)C1.